The van der Waals surface area contributed by atoms with Crippen LogP contribution in [0.4, 0.5) is 13.2 Å². The number of ether oxygens (including phenoxy) is 1. The van der Waals surface area contributed by atoms with Gasteiger partial charge in [-0.05, 0) is 56.5 Å². The van der Waals surface area contributed by atoms with Gasteiger partial charge in [-0.2, -0.15) is 13.2 Å². The molecule has 0 fully saturated rings. The van der Waals surface area contributed by atoms with Gasteiger partial charge in [0.25, 0.3) is 0 Å². The molecule has 0 spiro atoms. The highest BCUT2D eigenvalue weighted by Gasteiger charge is 2.32. The van der Waals surface area contributed by atoms with Crippen molar-refractivity contribution in [2.24, 2.45) is 0 Å². The Morgan fingerprint density at radius 1 is 1.00 bits per heavy atom. The summed E-state index contributed by atoms with van der Waals surface area (Å²) in [4.78, 5) is 32.6. The number of carbonyl (C=O) groups is 2. The number of nitrogens with zero attached hydrogens (tertiary/aromatic N) is 3. The Labute approximate surface area is 222 Å². The third-order valence-corrected chi connectivity index (χ3v) is 6.02. The minimum absolute atomic E-state index is 0.000330. The van der Waals surface area contributed by atoms with Gasteiger partial charge in [-0.3, -0.25) is 9.78 Å². The Bertz CT molecular complexity index is 1460. The summed E-state index contributed by atoms with van der Waals surface area (Å²) < 4.78 is 46.1. The van der Waals surface area contributed by atoms with Crippen LogP contribution in [0.2, 0.25) is 0 Å². The molecule has 0 aliphatic rings. The molecule has 2 aromatic heterocycles. The van der Waals surface area contributed by atoms with E-state index < -0.39 is 29.2 Å². The standard InChI is InChI=1S/C29H26F3N3O4/c1-28(2,27(37)38)39-22-12-6-8-19(16-22)9-7-15-35-18-23(20-10-4-3-5-11-20)34-26(35)25(36)21-13-14-24(33-17-21)29(30,31)32/h3-6,8,10-14,16-18H,7,9,15H2,1-2H3,(H,37,38). The SMILES string of the molecule is CC(C)(Oc1cccc(CCCn2cc(-c3ccccc3)nc2C(=O)c2ccc(C(F)(F)F)nc2)c1)C(=O)O. The van der Waals surface area contributed by atoms with Crippen molar-refractivity contribution in [2.45, 2.75) is 45.0 Å². The molecular weight excluding hydrogens is 511 g/mol. The predicted molar refractivity (Wildman–Crippen MR) is 137 cm³/mol. The quantitative estimate of drug-likeness (QED) is 0.247. The number of halogens is 3. The van der Waals surface area contributed by atoms with Crippen molar-refractivity contribution in [1.82, 2.24) is 14.5 Å². The number of aliphatic carboxylic acids is 1. The first-order chi connectivity index (χ1) is 18.4. The molecule has 7 nitrogen and oxygen atoms in total. The molecule has 4 aromatic rings. The zero-order valence-corrected chi connectivity index (χ0v) is 21.3. The van der Waals surface area contributed by atoms with Crippen molar-refractivity contribution < 1.29 is 32.6 Å². The highest BCUT2D eigenvalue weighted by atomic mass is 19.4. The highest BCUT2D eigenvalue weighted by molar-refractivity contribution is 6.06. The van der Waals surface area contributed by atoms with Crippen molar-refractivity contribution in [3.63, 3.8) is 0 Å². The van der Waals surface area contributed by atoms with Gasteiger partial charge in [-0.25, -0.2) is 9.78 Å². The summed E-state index contributed by atoms with van der Waals surface area (Å²) in [5, 5.41) is 9.31. The van der Waals surface area contributed by atoms with E-state index in [1.54, 1.807) is 29.0 Å². The van der Waals surface area contributed by atoms with Gasteiger partial charge in [-0.1, -0.05) is 42.5 Å². The molecule has 0 aliphatic carbocycles. The smallest absolute Gasteiger partial charge is 0.433 e. The number of imidazole rings is 1. The van der Waals surface area contributed by atoms with Gasteiger partial charge >= 0.3 is 12.1 Å². The molecule has 0 unspecified atom stereocenters. The van der Waals surface area contributed by atoms with Crippen LogP contribution in [0.15, 0.2) is 79.1 Å². The Morgan fingerprint density at radius 3 is 2.38 bits per heavy atom. The number of aryl methyl sites for hydroxylation is 2. The molecule has 202 valence electrons. The topological polar surface area (TPSA) is 94.3 Å². The maximum atomic E-state index is 13.3. The lowest BCUT2D eigenvalue weighted by atomic mass is 10.1. The molecule has 1 N–H and O–H groups in total. The molecule has 2 heterocycles. The van der Waals surface area contributed by atoms with E-state index in [1.165, 1.54) is 13.8 Å². The van der Waals surface area contributed by atoms with Gasteiger partial charge in [0.1, 0.15) is 11.4 Å². The van der Waals surface area contributed by atoms with E-state index in [0.717, 1.165) is 29.5 Å². The van der Waals surface area contributed by atoms with E-state index in [4.69, 9.17) is 4.74 Å². The van der Waals surface area contributed by atoms with Crippen LogP contribution in [-0.2, 0) is 23.9 Å². The van der Waals surface area contributed by atoms with Crippen molar-refractivity contribution in [2.75, 3.05) is 0 Å². The normalized spacial score (nSPS) is 11.8. The number of carbonyl (C=O) groups excluding carboxylic acids is 1. The van der Waals surface area contributed by atoms with Gasteiger partial charge < -0.3 is 14.4 Å². The maximum Gasteiger partial charge on any atom is 0.433 e. The first kappa shape index (κ1) is 27.6. The minimum atomic E-state index is -4.60. The fourth-order valence-electron chi connectivity index (χ4n) is 3.90. The second kappa shape index (κ2) is 11.1. The number of benzene rings is 2. The Kier molecular flexibility index (Phi) is 7.85. The lowest BCUT2D eigenvalue weighted by Crippen LogP contribution is -2.37. The molecule has 0 bridgehead atoms. The number of alkyl halides is 3. The third kappa shape index (κ3) is 6.70. The molecule has 39 heavy (non-hydrogen) atoms. The second-order valence-corrected chi connectivity index (χ2v) is 9.44. The minimum Gasteiger partial charge on any atom is -0.478 e. The second-order valence-electron chi connectivity index (χ2n) is 9.44. The fourth-order valence-corrected chi connectivity index (χ4v) is 3.90. The Morgan fingerprint density at radius 2 is 1.74 bits per heavy atom. The number of hydrogen-bond acceptors (Lipinski definition) is 5. The lowest BCUT2D eigenvalue weighted by Gasteiger charge is -2.21. The number of ketones is 1. The molecule has 0 radical (unpaired) electrons. The predicted octanol–water partition coefficient (Wildman–Crippen LogP) is 6.07. The molecule has 0 amide bonds. The summed E-state index contributed by atoms with van der Waals surface area (Å²) in [7, 11) is 0. The molecule has 0 atom stereocenters. The lowest BCUT2D eigenvalue weighted by molar-refractivity contribution is -0.152. The molecule has 4 rings (SSSR count). The molecule has 0 aliphatic heterocycles. The van der Waals surface area contributed by atoms with Crippen LogP contribution in [0.25, 0.3) is 11.3 Å². The summed E-state index contributed by atoms with van der Waals surface area (Å²) in [5.74, 6) is -1.09. The number of carboxylic acid groups (broad SMARTS) is 1. The van der Waals surface area contributed by atoms with Gasteiger partial charge in [0.2, 0.25) is 5.78 Å². The summed E-state index contributed by atoms with van der Waals surface area (Å²) >= 11 is 0. The van der Waals surface area contributed by atoms with Crippen LogP contribution in [0.1, 0.15) is 47.7 Å². The van der Waals surface area contributed by atoms with Crippen molar-refractivity contribution in [3.8, 4) is 17.0 Å². The van der Waals surface area contributed by atoms with Crippen LogP contribution >= 0.6 is 0 Å². The zero-order valence-electron chi connectivity index (χ0n) is 21.3. The van der Waals surface area contributed by atoms with Gasteiger partial charge in [0.15, 0.2) is 11.4 Å². The average Bonchev–Trinajstić information content (AvgIpc) is 3.32. The number of rotatable bonds is 10. The Hall–Kier alpha value is -4.47. The Balaban J connectivity index is 1.54. The zero-order chi connectivity index (χ0) is 28.2. The summed E-state index contributed by atoms with van der Waals surface area (Å²) in [6.07, 6.45) is -0.751. The first-order valence-corrected chi connectivity index (χ1v) is 12.2. The van der Waals surface area contributed by atoms with Gasteiger partial charge in [-0.15, -0.1) is 0 Å². The number of hydrogen-bond donors (Lipinski definition) is 1. The van der Waals surface area contributed by atoms with Crippen LogP contribution in [-0.4, -0.2) is 37.0 Å². The van der Waals surface area contributed by atoms with E-state index in [9.17, 15) is 27.9 Å². The largest absolute Gasteiger partial charge is 0.478 e. The monoisotopic (exact) mass is 537 g/mol. The number of pyridine rings is 1. The van der Waals surface area contributed by atoms with Crippen molar-refractivity contribution in [3.05, 3.63) is 102 Å². The number of carboxylic acids is 1. The van der Waals surface area contributed by atoms with Crippen LogP contribution in [0, 0.1) is 0 Å². The van der Waals surface area contributed by atoms with Crippen molar-refractivity contribution >= 4 is 11.8 Å². The van der Waals surface area contributed by atoms with Gasteiger partial charge in [0.05, 0.1) is 5.69 Å². The fraction of sp³-hybridized carbons (Fsp3) is 0.241. The summed E-state index contributed by atoms with van der Waals surface area (Å²) in [6, 6.07) is 18.3. The maximum absolute atomic E-state index is 13.3. The average molecular weight is 538 g/mol. The van der Waals surface area contributed by atoms with E-state index in [-0.39, 0.29) is 11.4 Å². The molecule has 2 aromatic carbocycles. The van der Waals surface area contributed by atoms with Crippen molar-refractivity contribution in [1.29, 1.82) is 0 Å². The van der Waals surface area contributed by atoms with E-state index in [0.29, 0.717) is 30.8 Å². The first-order valence-electron chi connectivity index (χ1n) is 12.2. The van der Waals surface area contributed by atoms with E-state index in [2.05, 4.69) is 9.97 Å². The molecule has 0 saturated carbocycles. The van der Waals surface area contributed by atoms with Crippen LogP contribution < -0.4 is 4.74 Å². The molecule has 10 heteroatoms. The third-order valence-electron chi connectivity index (χ3n) is 6.02. The molecular formula is C29H26F3N3O4. The molecule has 0 saturated heterocycles. The summed E-state index contributed by atoms with van der Waals surface area (Å²) in [6.45, 7) is 3.34. The van der Waals surface area contributed by atoms with Gasteiger partial charge in [0, 0.05) is 30.1 Å². The summed E-state index contributed by atoms with van der Waals surface area (Å²) in [5.41, 5.74) is -0.194. The highest BCUT2D eigenvalue weighted by Crippen LogP contribution is 2.28. The van der Waals surface area contributed by atoms with Crippen LogP contribution in [0.5, 0.6) is 5.75 Å². The number of aromatic nitrogens is 3. The van der Waals surface area contributed by atoms with Crippen LogP contribution in [0.3, 0.4) is 0 Å². The van der Waals surface area contributed by atoms with E-state index >= 15 is 0 Å². The van der Waals surface area contributed by atoms with E-state index in [1.807, 2.05) is 36.4 Å².